The molecule has 1 heterocycles. The monoisotopic (exact) mass is 286 g/mol. The highest BCUT2D eigenvalue weighted by Crippen LogP contribution is 2.15. The molecule has 0 radical (unpaired) electrons. The molecule has 1 N–H and O–H groups in total. The summed E-state index contributed by atoms with van der Waals surface area (Å²) in [5, 5.41) is 11.2. The molecule has 2 aromatic rings. The zero-order valence-corrected chi connectivity index (χ0v) is 13.1. The number of nitrogens with zero attached hydrogens (tertiary/aromatic N) is 3. The van der Waals surface area contributed by atoms with Crippen LogP contribution in [0, 0.1) is 6.92 Å². The Balaban J connectivity index is 2.23. The van der Waals surface area contributed by atoms with Crippen LogP contribution in [0.25, 0.3) is 5.69 Å². The second-order valence-electron chi connectivity index (χ2n) is 5.86. The van der Waals surface area contributed by atoms with Gasteiger partial charge in [-0.05, 0) is 39.3 Å². The van der Waals surface area contributed by atoms with Crippen molar-refractivity contribution in [2.75, 3.05) is 0 Å². The van der Waals surface area contributed by atoms with Gasteiger partial charge < -0.3 is 5.32 Å². The van der Waals surface area contributed by atoms with E-state index in [4.69, 9.17) is 0 Å². The topological polar surface area (TPSA) is 59.8 Å². The van der Waals surface area contributed by atoms with Gasteiger partial charge in [-0.3, -0.25) is 4.79 Å². The Morgan fingerprint density at radius 2 is 1.95 bits per heavy atom. The molecule has 0 unspecified atom stereocenters. The normalized spacial score (nSPS) is 11.4. The molecule has 0 spiro atoms. The first-order valence-corrected chi connectivity index (χ1v) is 7.25. The van der Waals surface area contributed by atoms with Crippen LogP contribution in [0.4, 0.5) is 0 Å². The fourth-order valence-corrected chi connectivity index (χ4v) is 2.41. The van der Waals surface area contributed by atoms with Crippen LogP contribution < -0.4 is 5.32 Å². The van der Waals surface area contributed by atoms with E-state index in [1.54, 1.807) is 4.68 Å². The predicted molar refractivity (Wildman–Crippen MR) is 82.5 cm³/mol. The Kier molecular flexibility index (Phi) is 4.40. The van der Waals surface area contributed by atoms with Crippen molar-refractivity contribution in [2.24, 2.45) is 0 Å². The van der Waals surface area contributed by atoms with Crippen molar-refractivity contribution in [1.82, 2.24) is 20.3 Å². The number of amides is 1. The van der Waals surface area contributed by atoms with Gasteiger partial charge in [-0.2, -0.15) is 0 Å². The SMILES string of the molecule is CCCC(C)(C)NC(=O)c1nnn(-c2ccccc2)c1C. The van der Waals surface area contributed by atoms with E-state index in [0.29, 0.717) is 5.69 Å². The smallest absolute Gasteiger partial charge is 0.274 e. The first-order chi connectivity index (χ1) is 9.94. The minimum Gasteiger partial charge on any atom is -0.346 e. The molecule has 0 saturated heterocycles. The van der Waals surface area contributed by atoms with Gasteiger partial charge in [0.1, 0.15) is 0 Å². The fraction of sp³-hybridized carbons (Fsp3) is 0.438. The number of benzene rings is 1. The number of rotatable bonds is 5. The number of para-hydroxylation sites is 1. The van der Waals surface area contributed by atoms with Gasteiger partial charge in [-0.25, -0.2) is 4.68 Å². The summed E-state index contributed by atoms with van der Waals surface area (Å²) < 4.78 is 1.68. The number of carbonyl (C=O) groups is 1. The van der Waals surface area contributed by atoms with Crippen molar-refractivity contribution in [2.45, 2.75) is 46.1 Å². The third-order valence-electron chi connectivity index (χ3n) is 3.44. The van der Waals surface area contributed by atoms with Gasteiger partial charge in [0, 0.05) is 5.54 Å². The maximum Gasteiger partial charge on any atom is 0.274 e. The van der Waals surface area contributed by atoms with Gasteiger partial charge in [0.15, 0.2) is 5.69 Å². The minimum absolute atomic E-state index is 0.173. The van der Waals surface area contributed by atoms with Crippen LogP contribution in [0.3, 0.4) is 0 Å². The summed E-state index contributed by atoms with van der Waals surface area (Å²) >= 11 is 0. The number of carbonyl (C=O) groups excluding carboxylic acids is 1. The lowest BCUT2D eigenvalue weighted by Crippen LogP contribution is -2.43. The van der Waals surface area contributed by atoms with Crippen molar-refractivity contribution >= 4 is 5.91 Å². The number of hydrogen-bond acceptors (Lipinski definition) is 3. The summed E-state index contributed by atoms with van der Waals surface area (Å²) in [4.78, 5) is 12.4. The molecule has 0 aliphatic carbocycles. The van der Waals surface area contributed by atoms with Crippen LogP contribution in [-0.2, 0) is 0 Å². The van der Waals surface area contributed by atoms with E-state index in [2.05, 4.69) is 22.6 Å². The number of aromatic nitrogens is 3. The standard InChI is InChI=1S/C16H22N4O/c1-5-11-16(3,4)17-15(21)14-12(2)20(19-18-14)13-9-7-6-8-10-13/h6-10H,5,11H2,1-4H3,(H,17,21). The molecular formula is C16H22N4O. The predicted octanol–water partition coefficient (Wildman–Crippen LogP) is 2.88. The summed E-state index contributed by atoms with van der Waals surface area (Å²) in [6.45, 7) is 8.00. The quantitative estimate of drug-likeness (QED) is 0.919. The Hall–Kier alpha value is -2.17. The Bertz CT molecular complexity index is 616. The first-order valence-electron chi connectivity index (χ1n) is 7.25. The lowest BCUT2D eigenvalue weighted by molar-refractivity contribution is 0.0903. The van der Waals surface area contributed by atoms with Crippen LogP contribution in [0.1, 0.15) is 49.8 Å². The van der Waals surface area contributed by atoms with Gasteiger partial charge in [-0.15, -0.1) is 5.10 Å². The van der Waals surface area contributed by atoms with Gasteiger partial charge in [-0.1, -0.05) is 36.8 Å². The molecule has 0 atom stereocenters. The fourth-order valence-electron chi connectivity index (χ4n) is 2.41. The average Bonchev–Trinajstić information content (AvgIpc) is 2.81. The molecule has 5 heteroatoms. The second-order valence-corrected chi connectivity index (χ2v) is 5.86. The molecule has 0 aliphatic heterocycles. The van der Waals surface area contributed by atoms with Crippen molar-refractivity contribution in [3.63, 3.8) is 0 Å². The zero-order valence-electron chi connectivity index (χ0n) is 13.1. The lowest BCUT2D eigenvalue weighted by Gasteiger charge is -2.25. The molecule has 1 amide bonds. The van der Waals surface area contributed by atoms with Crippen LogP contribution in [0.2, 0.25) is 0 Å². The zero-order chi connectivity index (χ0) is 15.5. The molecule has 0 bridgehead atoms. The third kappa shape index (κ3) is 3.48. The van der Waals surface area contributed by atoms with Crippen molar-refractivity contribution in [3.8, 4) is 5.69 Å². The highest BCUT2D eigenvalue weighted by Gasteiger charge is 2.24. The maximum absolute atomic E-state index is 12.4. The molecule has 112 valence electrons. The lowest BCUT2D eigenvalue weighted by atomic mass is 9.99. The third-order valence-corrected chi connectivity index (χ3v) is 3.44. The first kappa shape index (κ1) is 15.2. The highest BCUT2D eigenvalue weighted by molar-refractivity contribution is 5.93. The number of hydrogen-bond donors (Lipinski definition) is 1. The van der Waals surface area contributed by atoms with Crippen LogP contribution in [0.5, 0.6) is 0 Å². The van der Waals surface area contributed by atoms with E-state index in [0.717, 1.165) is 24.2 Å². The van der Waals surface area contributed by atoms with E-state index in [-0.39, 0.29) is 11.4 Å². The summed E-state index contributed by atoms with van der Waals surface area (Å²) in [7, 11) is 0. The highest BCUT2D eigenvalue weighted by atomic mass is 16.2. The Morgan fingerprint density at radius 3 is 2.57 bits per heavy atom. The molecule has 2 rings (SSSR count). The molecule has 0 fully saturated rings. The van der Waals surface area contributed by atoms with Crippen molar-refractivity contribution in [1.29, 1.82) is 0 Å². The Morgan fingerprint density at radius 1 is 1.29 bits per heavy atom. The molecule has 0 aliphatic rings. The maximum atomic E-state index is 12.4. The summed E-state index contributed by atoms with van der Waals surface area (Å²) in [5.74, 6) is -0.173. The molecule has 21 heavy (non-hydrogen) atoms. The van der Waals surface area contributed by atoms with Crippen molar-refractivity contribution in [3.05, 3.63) is 41.7 Å². The second kappa shape index (κ2) is 6.08. The van der Waals surface area contributed by atoms with Gasteiger partial charge in [0.05, 0.1) is 11.4 Å². The van der Waals surface area contributed by atoms with E-state index in [1.165, 1.54) is 0 Å². The minimum atomic E-state index is -0.241. The van der Waals surface area contributed by atoms with E-state index in [9.17, 15) is 4.79 Å². The largest absolute Gasteiger partial charge is 0.346 e. The van der Waals surface area contributed by atoms with Gasteiger partial charge in [0.2, 0.25) is 0 Å². The summed E-state index contributed by atoms with van der Waals surface area (Å²) in [6, 6.07) is 9.67. The van der Waals surface area contributed by atoms with Crippen LogP contribution in [-0.4, -0.2) is 26.4 Å². The van der Waals surface area contributed by atoms with E-state index >= 15 is 0 Å². The van der Waals surface area contributed by atoms with Crippen LogP contribution >= 0.6 is 0 Å². The molecule has 0 saturated carbocycles. The Labute approximate surface area is 125 Å². The average molecular weight is 286 g/mol. The van der Waals surface area contributed by atoms with Gasteiger partial charge >= 0.3 is 0 Å². The molecular weight excluding hydrogens is 264 g/mol. The summed E-state index contributed by atoms with van der Waals surface area (Å²) in [6.07, 6.45) is 1.94. The van der Waals surface area contributed by atoms with Crippen molar-refractivity contribution < 1.29 is 4.79 Å². The molecule has 1 aromatic carbocycles. The molecule has 1 aromatic heterocycles. The van der Waals surface area contributed by atoms with Crippen LogP contribution in [0.15, 0.2) is 30.3 Å². The summed E-state index contributed by atoms with van der Waals surface area (Å²) in [5.41, 5.74) is 1.78. The number of nitrogens with one attached hydrogen (secondary N) is 1. The molecule has 5 nitrogen and oxygen atoms in total. The van der Waals surface area contributed by atoms with E-state index in [1.807, 2.05) is 51.1 Å². The van der Waals surface area contributed by atoms with Gasteiger partial charge in [0.25, 0.3) is 5.91 Å². The van der Waals surface area contributed by atoms with E-state index < -0.39 is 0 Å².